The molecule has 0 radical (unpaired) electrons. The molecule has 1 fully saturated rings. The summed E-state index contributed by atoms with van der Waals surface area (Å²) in [6.07, 6.45) is 3.33. The van der Waals surface area contributed by atoms with Crippen molar-refractivity contribution in [2.24, 2.45) is 11.8 Å². The number of anilines is 1. The highest BCUT2D eigenvalue weighted by Gasteiger charge is 2.24. The second kappa shape index (κ2) is 6.35. The number of piperidine rings is 1. The molecular formula is C18H31N3. The molecule has 0 amide bonds. The van der Waals surface area contributed by atoms with Crippen molar-refractivity contribution >= 4 is 5.69 Å². The largest absolute Gasteiger partial charge is 0.371 e. The van der Waals surface area contributed by atoms with E-state index < -0.39 is 0 Å². The first kappa shape index (κ1) is 16.3. The SMILES string of the molecule is Cc1cc(N2CCC(C)C(C)C2)c(CNC(C)(C)C)cn1. The van der Waals surface area contributed by atoms with Gasteiger partial charge in [0.2, 0.25) is 0 Å². The van der Waals surface area contributed by atoms with Crippen molar-refractivity contribution in [1.29, 1.82) is 0 Å². The van der Waals surface area contributed by atoms with Crippen LogP contribution in [0.5, 0.6) is 0 Å². The first-order chi connectivity index (χ1) is 9.76. The van der Waals surface area contributed by atoms with E-state index in [1.165, 1.54) is 17.7 Å². The number of hydrogen-bond donors (Lipinski definition) is 1. The van der Waals surface area contributed by atoms with Crippen LogP contribution < -0.4 is 10.2 Å². The van der Waals surface area contributed by atoms with Gasteiger partial charge < -0.3 is 10.2 Å². The summed E-state index contributed by atoms with van der Waals surface area (Å²) in [6, 6.07) is 2.25. The van der Waals surface area contributed by atoms with E-state index in [2.05, 4.69) is 62.8 Å². The number of aryl methyl sites for hydroxylation is 1. The molecule has 1 N–H and O–H groups in total. The van der Waals surface area contributed by atoms with E-state index >= 15 is 0 Å². The third-order valence-corrected chi connectivity index (χ3v) is 4.58. The van der Waals surface area contributed by atoms with Crippen LogP contribution in [0.25, 0.3) is 0 Å². The summed E-state index contributed by atoms with van der Waals surface area (Å²) in [6.45, 7) is 16.7. The number of nitrogens with one attached hydrogen (secondary N) is 1. The third kappa shape index (κ3) is 4.44. The fourth-order valence-electron chi connectivity index (χ4n) is 2.85. The number of pyridine rings is 1. The summed E-state index contributed by atoms with van der Waals surface area (Å²) >= 11 is 0. The fourth-order valence-corrected chi connectivity index (χ4v) is 2.85. The Balaban J connectivity index is 2.19. The van der Waals surface area contributed by atoms with Crippen LogP contribution in [0, 0.1) is 18.8 Å². The van der Waals surface area contributed by atoms with E-state index in [4.69, 9.17) is 0 Å². The van der Waals surface area contributed by atoms with E-state index in [1.54, 1.807) is 0 Å². The standard InChI is InChI=1S/C18H31N3/c1-13-7-8-21(12-14(13)2)17-9-15(3)19-10-16(17)11-20-18(4,5)6/h9-10,13-14,20H,7-8,11-12H2,1-6H3. The minimum absolute atomic E-state index is 0.131. The van der Waals surface area contributed by atoms with Crippen LogP contribution in [-0.2, 0) is 6.54 Å². The first-order valence-electron chi connectivity index (χ1n) is 8.22. The van der Waals surface area contributed by atoms with Crippen LogP contribution in [0.2, 0.25) is 0 Å². The van der Waals surface area contributed by atoms with Crippen LogP contribution in [0.1, 0.15) is 52.3 Å². The second-order valence-corrected chi connectivity index (χ2v) is 7.75. The van der Waals surface area contributed by atoms with Gasteiger partial charge in [-0.25, -0.2) is 0 Å². The highest BCUT2D eigenvalue weighted by molar-refractivity contribution is 5.54. The van der Waals surface area contributed by atoms with Crippen molar-refractivity contribution in [1.82, 2.24) is 10.3 Å². The molecule has 2 unspecified atom stereocenters. The van der Waals surface area contributed by atoms with E-state index in [1.807, 2.05) is 6.20 Å². The maximum absolute atomic E-state index is 4.50. The number of aromatic nitrogens is 1. The van der Waals surface area contributed by atoms with Crippen molar-refractivity contribution < 1.29 is 0 Å². The van der Waals surface area contributed by atoms with E-state index in [-0.39, 0.29) is 5.54 Å². The zero-order valence-corrected chi connectivity index (χ0v) is 14.5. The van der Waals surface area contributed by atoms with Crippen LogP contribution >= 0.6 is 0 Å². The summed E-state index contributed by atoms with van der Waals surface area (Å²) < 4.78 is 0. The summed E-state index contributed by atoms with van der Waals surface area (Å²) in [5.41, 5.74) is 3.93. The Labute approximate surface area is 130 Å². The summed E-state index contributed by atoms with van der Waals surface area (Å²) in [7, 11) is 0. The lowest BCUT2D eigenvalue weighted by atomic mass is 9.88. The van der Waals surface area contributed by atoms with Gasteiger partial charge in [-0.1, -0.05) is 13.8 Å². The molecule has 21 heavy (non-hydrogen) atoms. The first-order valence-corrected chi connectivity index (χ1v) is 8.22. The van der Waals surface area contributed by atoms with Crippen molar-refractivity contribution in [3.63, 3.8) is 0 Å². The number of nitrogens with zero attached hydrogens (tertiary/aromatic N) is 2. The zero-order valence-electron chi connectivity index (χ0n) is 14.5. The molecule has 2 atom stereocenters. The molecule has 1 aliphatic heterocycles. The Morgan fingerprint density at radius 3 is 2.62 bits per heavy atom. The molecule has 0 aromatic carbocycles. The predicted molar refractivity (Wildman–Crippen MR) is 90.7 cm³/mol. The lowest BCUT2D eigenvalue weighted by Crippen LogP contribution is -2.40. The Kier molecular flexibility index (Phi) is 4.92. The maximum Gasteiger partial charge on any atom is 0.0445 e. The summed E-state index contributed by atoms with van der Waals surface area (Å²) in [5, 5.41) is 3.59. The lowest BCUT2D eigenvalue weighted by molar-refractivity contribution is 0.323. The molecule has 1 saturated heterocycles. The normalized spacial score (nSPS) is 23.4. The van der Waals surface area contributed by atoms with Gasteiger partial charge in [0.25, 0.3) is 0 Å². The molecular weight excluding hydrogens is 258 g/mol. The highest BCUT2D eigenvalue weighted by atomic mass is 15.1. The smallest absolute Gasteiger partial charge is 0.0445 e. The van der Waals surface area contributed by atoms with Crippen molar-refractivity contribution in [2.75, 3.05) is 18.0 Å². The van der Waals surface area contributed by atoms with Gasteiger partial charge in [-0.3, -0.25) is 4.98 Å². The summed E-state index contributed by atoms with van der Waals surface area (Å²) in [4.78, 5) is 7.06. The Morgan fingerprint density at radius 1 is 1.29 bits per heavy atom. The minimum atomic E-state index is 0.131. The molecule has 2 heterocycles. The minimum Gasteiger partial charge on any atom is -0.371 e. The van der Waals surface area contributed by atoms with Gasteiger partial charge in [0.15, 0.2) is 0 Å². The Morgan fingerprint density at radius 2 is 2.00 bits per heavy atom. The van der Waals surface area contributed by atoms with Gasteiger partial charge in [-0.05, 0) is 52.0 Å². The maximum atomic E-state index is 4.50. The van der Waals surface area contributed by atoms with Crippen molar-refractivity contribution in [2.45, 2.75) is 60.0 Å². The summed E-state index contributed by atoms with van der Waals surface area (Å²) in [5.74, 6) is 1.59. The molecule has 0 spiro atoms. The fraction of sp³-hybridized carbons (Fsp3) is 0.722. The number of rotatable bonds is 3. The van der Waals surface area contributed by atoms with Crippen LogP contribution in [0.15, 0.2) is 12.3 Å². The molecule has 0 aliphatic carbocycles. The van der Waals surface area contributed by atoms with Crippen LogP contribution in [0.3, 0.4) is 0 Å². The second-order valence-electron chi connectivity index (χ2n) is 7.75. The average Bonchev–Trinajstić information content (AvgIpc) is 2.39. The van der Waals surface area contributed by atoms with Gasteiger partial charge in [0.1, 0.15) is 0 Å². The molecule has 0 bridgehead atoms. The molecule has 3 heteroatoms. The molecule has 3 nitrogen and oxygen atoms in total. The van der Waals surface area contributed by atoms with Crippen LogP contribution in [-0.4, -0.2) is 23.6 Å². The quantitative estimate of drug-likeness (QED) is 0.918. The lowest BCUT2D eigenvalue weighted by Gasteiger charge is -2.38. The van der Waals surface area contributed by atoms with E-state index in [9.17, 15) is 0 Å². The molecule has 1 aliphatic rings. The average molecular weight is 289 g/mol. The Hall–Kier alpha value is -1.09. The Bertz CT molecular complexity index is 476. The van der Waals surface area contributed by atoms with E-state index in [0.29, 0.717) is 0 Å². The van der Waals surface area contributed by atoms with Gasteiger partial charge in [0, 0.05) is 48.3 Å². The molecule has 2 rings (SSSR count). The van der Waals surface area contributed by atoms with Crippen molar-refractivity contribution in [3.05, 3.63) is 23.5 Å². The van der Waals surface area contributed by atoms with Gasteiger partial charge in [-0.2, -0.15) is 0 Å². The third-order valence-electron chi connectivity index (χ3n) is 4.58. The van der Waals surface area contributed by atoms with Crippen molar-refractivity contribution in [3.8, 4) is 0 Å². The molecule has 0 saturated carbocycles. The molecule has 1 aromatic heterocycles. The van der Waals surface area contributed by atoms with Gasteiger partial charge >= 0.3 is 0 Å². The molecule has 118 valence electrons. The predicted octanol–water partition coefficient (Wildman–Crippen LogP) is 3.76. The van der Waals surface area contributed by atoms with Crippen LogP contribution in [0.4, 0.5) is 5.69 Å². The van der Waals surface area contributed by atoms with Gasteiger partial charge in [-0.15, -0.1) is 0 Å². The molecule has 1 aromatic rings. The van der Waals surface area contributed by atoms with E-state index in [0.717, 1.165) is 37.2 Å². The topological polar surface area (TPSA) is 28.2 Å². The highest BCUT2D eigenvalue weighted by Crippen LogP contribution is 2.29. The monoisotopic (exact) mass is 289 g/mol. The number of hydrogen-bond acceptors (Lipinski definition) is 3. The zero-order chi connectivity index (χ0) is 15.6. The van der Waals surface area contributed by atoms with Gasteiger partial charge in [0.05, 0.1) is 0 Å².